The van der Waals surface area contributed by atoms with E-state index in [2.05, 4.69) is 0 Å². The second-order valence-corrected chi connectivity index (χ2v) is 6.65. The molecule has 6 heteroatoms. The Morgan fingerprint density at radius 3 is 2.55 bits per heavy atom. The highest BCUT2D eigenvalue weighted by Crippen LogP contribution is 2.29. The number of aliphatic hydroxyl groups excluding tert-OH is 1. The number of hydrogen-bond acceptors (Lipinski definition) is 4. The highest BCUT2D eigenvalue weighted by molar-refractivity contribution is 5.72. The largest absolute Gasteiger partial charge is 0.481 e. The van der Waals surface area contributed by atoms with Crippen molar-refractivity contribution in [1.82, 2.24) is 4.90 Å². The zero-order valence-corrected chi connectivity index (χ0v) is 13.6. The number of piperidine rings is 1. The van der Waals surface area contributed by atoms with E-state index in [-0.39, 0.29) is 18.6 Å². The molecule has 2 atom stereocenters. The molecule has 1 amide bonds. The minimum atomic E-state index is -0.806. The third kappa shape index (κ3) is 6.05. The summed E-state index contributed by atoms with van der Waals surface area (Å²) >= 11 is 0. The van der Waals surface area contributed by atoms with Gasteiger partial charge in [-0.25, -0.2) is 4.79 Å². The van der Waals surface area contributed by atoms with Gasteiger partial charge in [0.1, 0.15) is 5.60 Å². The van der Waals surface area contributed by atoms with Crippen LogP contribution < -0.4 is 0 Å². The third-order valence-corrected chi connectivity index (χ3v) is 3.68. The lowest BCUT2D eigenvalue weighted by molar-refractivity contribution is -0.145. The summed E-state index contributed by atoms with van der Waals surface area (Å²) in [5, 5.41) is 18.0. The highest BCUT2D eigenvalue weighted by Gasteiger charge is 2.36. The average Bonchev–Trinajstić information content (AvgIpc) is 2.41. The van der Waals surface area contributed by atoms with Gasteiger partial charge in [-0.1, -0.05) is 12.2 Å². The van der Waals surface area contributed by atoms with Crippen LogP contribution in [0, 0.1) is 11.8 Å². The van der Waals surface area contributed by atoms with Crippen LogP contribution in [0.5, 0.6) is 0 Å². The zero-order chi connectivity index (χ0) is 16.8. The summed E-state index contributed by atoms with van der Waals surface area (Å²) in [5.74, 6) is -1.33. The molecule has 0 aromatic rings. The Bertz CT molecular complexity index is 413. The Morgan fingerprint density at radius 1 is 1.32 bits per heavy atom. The molecule has 1 rings (SSSR count). The van der Waals surface area contributed by atoms with Crippen molar-refractivity contribution in [3.8, 4) is 0 Å². The maximum Gasteiger partial charge on any atom is 0.410 e. The molecular formula is C16H27NO5. The lowest BCUT2D eigenvalue weighted by Crippen LogP contribution is -2.47. The average molecular weight is 313 g/mol. The molecule has 0 spiro atoms. The Balaban J connectivity index is 2.65. The molecular weight excluding hydrogens is 286 g/mol. The number of carbonyl (C=O) groups excluding carboxylic acids is 1. The summed E-state index contributed by atoms with van der Waals surface area (Å²) in [6.45, 7) is 6.23. The molecule has 0 bridgehead atoms. The van der Waals surface area contributed by atoms with E-state index in [1.54, 1.807) is 11.0 Å². The molecule has 0 saturated carbocycles. The molecule has 1 aliphatic heterocycles. The molecule has 1 heterocycles. The van der Waals surface area contributed by atoms with Crippen molar-refractivity contribution in [2.24, 2.45) is 11.8 Å². The number of allylic oxidation sites excluding steroid dienone is 1. The predicted molar refractivity (Wildman–Crippen MR) is 82.5 cm³/mol. The number of hydrogen-bond donors (Lipinski definition) is 2. The number of nitrogens with zero attached hydrogens (tertiary/aromatic N) is 1. The first kappa shape index (κ1) is 18.5. The number of ether oxygens (including phenoxy) is 1. The van der Waals surface area contributed by atoms with Gasteiger partial charge in [-0.2, -0.15) is 0 Å². The number of aliphatic carboxylic acids is 1. The molecule has 0 aromatic carbocycles. The summed E-state index contributed by atoms with van der Waals surface area (Å²) in [6, 6.07) is 0. The van der Waals surface area contributed by atoms with E-state index >= 15 is 0 Å². The number of carboxylic acids is 1. The van der Waals surface area contributed by atoms with Crippen LogP contribution in [0.2, 0.25) is 0 Å². The molecule has 0 aliphatic carbocycles. The molecule has 1 aliphatic rings. The summed E-state index contributed by atoms with van der Waals surface area (Å²) in [6.07, 6.45) is 4.91. The Morgan fingerprint density at radius 2 is 2.00 bits per heavy atom. The first-order chi connectivity index (χ1) is 10.2. The van der Waals surface area contributed by atoms with Crippen LogP contribution in [0.3, 0.4) is 0 Å². The van der Waals surface area contributed by atoms with Crippen LogP contribution in [-0.4, -0.2) is 52.5 Å². The summed E-state index contributed by atoms with van der Waals surface area (Å²) < 4.78 is 5.36. The van der Waals surface area contributed by atoms with E-state index in [4.69, 9.17) is 9.84 Å². The van der Waals surface area contributed by atoms with Gasteiger partial charge in [0.2, 0.25) is 0 Å². The van der Waals surface area contributed by atoms with Gasteiger partial charge in [-0.3, -0.25) is 4.79 Å². The molecule has 0 radical (unpaired) electrons. The molecule has 2 N–H and O–H groups in total. The van der Waals surface area contributed by atoms with Gasteiger partial charge in [0.25, 0.3) is 0 Å². The van der Waals surface area contributed by atoms with Crippen LogP contribution in [0.25, 0.3) is 0 Å². The second kappa shape index (κ2) is 8.17. The Hall–Kier alpha value is -1.56. The van der Waals surface area contributed by atoms with Gasteiger partial charge >= 0.3 is 12.1 Å². The maximum absolute atomic E-state index is 12.1. The Kier molecular flexibility index (Phi) is 6.87. The van der Waals surface area contributed by atoms with Crippen molar-refractivity contribution in [2.75, 3.05) is 19.7 Å². The van der Waals surface area contributed by atoms with E-state index in [1.165, 1.54) is 0 Å². The Labute approximate surface area is 131 Å². The van der Waals surface area contributed by atoms with Gasteiger partial charge < -0.3 is 19.8 Å². The first-order valence-corrected chi connectivity index (χ1v) is 7.71. The number of aliphatic hydroxyl groups is 1. The molecule has 1 saturated heterocycles. The van der Waals surface area contributed by atoms with Crippen molar-refractivity contribution >= 4 is 12.1 Å². The standard InChI is InChI=1S/C16H27NO5/c1-16(2,3)22-15(21)17-9-8-13(14(19)20)12(11-17)7-5-4-6-10-18/h4,6,12-13,18H,5,7-11H2,1-3H3,(H,19,20)/b6-4+/t12-,13+/m1/s1. The summed E-state index contributed by atoms with van der Waals surface area (Å²) in [4.78, 5) is 25.1. The minimum Gasteiger partial charge on any atom is -0.481 e. The van der Waals surface area contributed by atoms with Gasteiger partial charge in [-0.05, 0) is 46.0 Å². The minimum absolute atomic E-state index is 0.0168. The lowest BCUT2D eigenvalue weighted by Gasteiger charge is -2.37. The molecule has 22 heavy (non-hydrogen) atoms. The molecule has 126 valence electrons. The van der Waals surface area contributed by atoms with Crippen molar-refractivity contribution in [3.05, 3.63) is 12.2 Å². The lowest BCUT2D eigenvalue weighted by atomic mass is 9.82. The van der Waals surface area contributed by atoms with Crippen molar-refractivity contribution in [1.29, 1.82) is 0 Å². The molecule has 0 aromatic heterocycles. The van der Waals surface area contributed by atoms with Crippen LogP contribution >= 0.6 is 0 Å². The third-order valence-electron chi connectivity index (χ3n) is 3.68. The summed E-state index contributed by atoms with van der Waals surface area (Å²) in [7, 11) is 0. The fraction of sp³-hybridized carbons (Fsp3) is 0.750. The van der Waals surface area contributed by atoms with Crippen LogP contribution in [0.15, 0.2) is 12.2 Å². The normalized spacial score (nSPS) is 22.8. The highest BCUT2D eigenvalue weighted by atomic mass is 16.6. The van der Waals surface area contributed by atoms with Crippen molar-refractivity contribution < 1.29 is 24.5 Å². The molecule has 0 unspecified atom stereocenters. The monoisotopic (exact) mass is 313 g/mol. The van der Waals surface area contributed by atoms with E-state index < -0.39 is 17.5 Å². The van der Waals surface area contributed by atoms with E-state index in [1.807, 2.05) is 26.8 Å². The predicted octanol–water partition coefficient (Wildman–Crippen LogP) is 2.27. The number of carbonyl (C=O) groups is 2. The number of amides is 1. The number of likely N-dealkylation sites (tertiary alicyclic amines) is 1. The van der Waals surface area contributed by atoms with Crippen molar-refractivity contribution in [2.45, 2.75) is 45.6 Å². The van der Waals surface area contributed by atoms with Gasteiger partial charge in [-0.15, -0.1) is 0 Å². The smallest absolute Gasteiger partial charge is 0.410 e. The fourth-order valence-electron chi connectivity index (χ4n) is 2.64. The maximum atomic E-state index is 12.1. The van der Waals surface area contributed by atoms with Gasteiger partial charge in [0.15, 0.2) is 0 Å². The molecule has 1 fully saturated rings. The van der Waals surface area contributed by atoms with Gasteiger partial charge in [0, 0.05) is 13.1 Å². The quantitative estimate of drug-likeness (QED) is 0.760. The van der Waals surface area contributed by atoms with Crippen molar-refractivity contribution in [3.63, 3.8) is 0 Å². The summed E-state index contributed by atoms with van der Waals surface area (Å²) in [5.41, 5.74) is -0.555. The number of carboxylic acid groups (broad SMARTS) is 1. The van der Waals surface area contributed by atoms with Crippen LogP contribution in [-0.2, 0) is 9.53 Å². The molecule has 6 nitrogen and oxygen atoms in total. The topological polar surface area (TPSA) is 87.1 Å². The number of rotatable bonds is 5. The van der Waals surface area contributed by atoms with E-state index in [0.717, 1.165) is 0 Å². The first-order valence-electron chi connectivity index (χ1n) is 7.71. The zero-order valence-electron chi connectivity index (χ0n) is 13.6. The van der Waals surface area contributed by atoms with E-state index in [9.17, 15) is 14.7 Å². The van der Waals surface area contributed by atoms with Gasteiger partial charge in [0.05, 0.1) is 12.5 Å². The van der Waals surface area contributed by atoms with Crippen LogP contribution in [0.4, 0.5) is 4.79 Å². The fourth-order valence-corrected chi connectivity index (χ4v) is 2.64. The van der Waals surface area contributed by atoms with E-state index in [0.29, 0.717) is 32.4 Å². The second-order valence-electron chi connectivity index (χ2n) is 6.65. The van der Waals surface area contributed by atoms with Crippen LogP contribution in [0.1, 0.15) is 40.0 Å². The SMILES string of the molecule is CC(C)(C)OC(=O)N1CC[C@H](C(=O)O)[C@H](CC/C=C/CO)C1.